The molecule has 29 heavy (non-hydrogen) atoms. The van der Waals surface area contributed by atoms with Gasteiger partial charge in [-0.25, -0.2) is 4.79 Å². The van der Waals surface area contributed by atoms with Gasteiger partial charge in [-0.1, -0.05) is 35.9 Å². The molecule has 1 saturated heterocycles. The summed E-state index contributed by atoms with van der Waals surface area (Å²) in [5.74, 6) is 0.0411. The highest BCUT2D eigenvalue weighted by molar-refractivity contribution is 6.42. The first-order valence-electron chi connectivity index (χ1n) is 8.83. The van der Waals surface area contributed by atoms with Gasteiger partial charge >= 0.3 is 6.09 Å². The van der Waals surface area contributed by atoms with Crippen molar-refractivity contribution in [2.24, 2.45) is 0 Å². The molecule has 0 spiro atoms. The van der Waals surface area contributed by atoms with Crippen molar-refractivity contribution in [3.05, 3.63) is 68.7 Å². The van der Waals surface area contributed by atoms with E-state index in [9.17, 15) is 15.2 Å². The fraction of sp³-hybridized carbons (Fsp3) is 0.263. The molecule has 0 atom stereocenters. The van der Waals surface area contributed by atoms with Crippen LogP contribution in [-0.4, -0.2) is 59.6 Å². The Bertz CT molecular complexity index is 934. The number of benzene rings is 1. The van der Waals surface area contributed by atoms with Crippen molar-refractivity contribution in [3.63, 3.8) is 0 Å². The van der Waals surface area contributed by atoms with Crippen LogP contribution in [0, 0.1) is 10.4 Å². The number of piperazine rings is 1. The van der Waals surface area contributed by atoms with E-state index in [0.29, 0.717) is 28.9 Å². The third-order valence-corrected chi connectivity index (χ3v) is 5.38. The first-order valence-corrected chi connectivity index (χ1v) is 9.59. The van der Waals surface area contributed by atoms with Gasteiger partial charge in [0.2, 0.25) is 11.4 Å². The normalized spacial score (nSPS) is 19.2. The van der Waals surface area contributed by atoms with Gasteiger partial charge in [0, 0.05) is 43.9 Å². The smallest absolute Gasteiger partial charge is 0.415 e. The van der Waals surface area contributed by atoms with E-state index in [1.54, 1.807) is 17.1 Å². The van der Waals surface area contributed by atoms with Gasteiger partial charge in [0.1, 0.15) is 0 Å². The lowest BCUT2D eigenvalue weighted by atomic mass is 10.0. The number of hydrogen-bond donors (Lipinski definition) is 1. The van der Waals surface area contributed by atoms with Gasteiger partial charge < -0.3 is 30.4 Å². The number of nitrogens with zero attached hydrogens (tertiary/aromatic N) is 3. The molecule has 1 amide bonds. The van der Waals surface area contributed by atoms with Crippen LogP contribution in [0.4, 0.5) is 16.2 Å². The number of halogens is 2. The number of allylic oxidation sites excluding steroid dienone is 4. The Hall–Kier alpha value is -2.36. The maximum absolute atomic E-state index is 13.1. The third kappa shape index (κ3) is 4.63. The molecule has 1 heterocycles. The molecule has 0 radical (unpaired) electrons. The predicted octanol–water partition coefficient (Wildman–Crippen LogP) is 2.66. The lowest BCUT2D eigenvalue weighted by molar-refractivity contribution is -0.505. The molecule has 1 fully saturated rings. The molecule has 1 aliphatic carbocycles. The second kappa shape index (κ2) is 8.98. The van der Waals surface area contributed by atoms with Gasteiger partial charge in [-0.15, -0.1) is 0 Å². The summed E-state index contributed by atoms with van der Waals surface area (Å²) in [5.41, 5.74) is 0.865. The van der Waals surface area contributed by atoms with Crippen LogP contribution in [0.15, 0.2) is 48.3 Å². The minimum atomic E-state index is -0.553. The molecule has 8 nitrogen and oxygen atoms in total. The van der Waals surface area contributed by atoms with Gasteiger partial charge in [-0.2, -0.15) is 4.74 Å². The quantitative estimate of drug-likeness (QED) is 0.338. The summed E-state index contributed by atoms with van der Waals surface area (Å²) in [6, 6.07) is 2.60. The molecular weight excluding hydrogens is 419 g/mol. The SMILES string of the molecule is C=C1C=CC=C(OC(=O)N2CCN(C)CC2)/C1=[N+](\[O-])c1cc(Cl)c(Cl)cc1[NH2+][O-]. The van der Waals surface area contributed by atoms with Crippen LogP contribution >= 0.6 is 23.2 Å². The molecule has 0 saturated carbocycles. The minimum Gasteiger partial charge on any atom is -0.630 e. The third-order valence-electron chi connectivity index (χ3n) is 4.66. The molecule has 10 heteroatoms. The fourth-order valence-electron chi connectivity index (χ4n) is 2.97. The molecule has 0 bridgehead atoms. The monoisotopic (exact) mass is 438 g/mol. The molecular formula is C19H20Cl2N4O4. The maximum atomic E-state index is 13.1. The number of ether oxygens (including phenoxy) is 1. The second-order valence-corrected chi connectivity index (χ2v) is 7.47. The largest absolute Gasteiger partial charge is 0.630 e. The van der Waals surface area contributed by atoms with Crippen molar-refractivity contribution in [2.45, 2.75) is 0 Å². The van der Waals surface area contributed by atoms with Crippen molar-refractivity contribution in [1.29, 1.82) is 0 Å². The Morgan fingerprint density at radius 1 is 1.24 bits per heavy atom. The van der Waals surface area contributed by atoms with Gasteiger partial charge in [0.25, 0.3) is 11.4 Å². The van der Waals surface area contributed by atoms with Crippen molar-refractivity contribution in [3.8, 4) is 0 Å². The van der Waals surface area contributed by atoms with Crippen LogP contribution in [0.3, 0.4) is 0 Å². The molecule has 3 rings (SSSR count). The topological polar surface area (TPSA) is 98.5 Å². The van der Waals surface area contributed by atoms with Gasteiger partial charge in [0.05, 0.1) is 10.0 Å². The molecule has 1 aliphatic heterocycles. The van der Waals surface area contributed by atoms with E-state index in [0.717, 1.165) is 13.1 Å². The summed E-state index contributed by atoms with van der Waals surface area (Å²) in [7, 11) is 1.98. The Morgan fingerprint density at radius 2 is 1.90 bits per heavy atom. The van der Waals surface area contributed by atoms with Crippen LogP contribution in [-0.2, 0) is 4.74 Å². The molecule has 0 aromatic heterocycles. The predicted molar refractivity (Wildman–Crippen MR) is 112 cm³/mol. The van der Waals surface area contributed by atoms with Crippen LogP contribution in [0.5, 0.6) is 0 Å². The number of likely N-dealkylation sites (N-methyl/N-ethyl adjacent to an activating group) is 1. The number of quaternary nitrogens is 1. The Labute approximate surface area is 178 Å². The number of carbonyl (C=O) groups is 1. The highest BCUT2D eigenvalue weighted by atomic mass is 35.5. The first-order chi connectivity index (χ1) is 13.8. The van der Waals surface area contributed by atoms with Gasteiger partial charge in [-0.05, 0) is 19.2 Å². The van der Waals surface area contributed by atoms with E-state index in [1.807, 2.05) is 7.05 Å². The summed E-state index contributed by atoms with van der Waals surface area (Å²) in [6.45, 7) is 6.37. The molecule has 1 aromatic carbocycles. The average molecular weight is 439 g/mol. The Kier molecular flexibility index (Phi) is 6.61. The molecule has 1 aromatic rings. The van der Waals surface area contributed by atoms with E-state index in [-0.39, 0.29) is 32.9 Å². The van der Waals surface area contributed by atoms with Crippen LogP contribution < -0.4 is 5.48 Å². The number of nitrogens with two attached hydrogens (primary N) is 1. The maximum Gasteiger partial charge on any atom is 0.415 e. The lowest BCUT2D eigenvalue weighted by Gasteiger charge is -2.31. The van der Waals surface area contributed by atoms with Gasteiger partial charge in [-0.3, -0.25) is 0 Å². The second-order valence-electron chi connectivity index (χ2n) is 6.66. The summed E-state index contributed by atoms with van der Waals surface area (Å²) >= 11 is 12.0. The first kappa shape index (κ1) is 21.4. The molecule has 2 N–H and O–H groups in total. The van der Waals surface area contributed by atoms with Crippen molar-refractivity contribution in [2.75, 3.05) is 33.2 Å². The zero-order valence-corrected chi connectivity index (χ0v) is 17.2. The molecule has 154 valence electrons. The van der Waals surface area contributed by atoms with E-state index in [1.165, 1.54) is 18.2 Å². The zero-order chi connectivity index (χ0) is 21.1. The standard InChI is InChI=1S/C19H20Cl2N4O4/c1-12-4-3-5-17(29-19(26)24-8-6-23(2)7-9-24)18(12)25(28)16-11-14(21)13(20)10-15(16)22-27/h3-5,10-11H,1,6-9,22H2,2H3/b25-18-. The van der Waals surface area contributed by atoms with Crippen molar-refractivity contribution >= 4 is 46.4 Å². The Balaban J connectivity index is 1.95. The van der Waals surface area contributed by atoms with Crippen LogP contribution in [0.25, 0.3) is 0 Å². The zero-order valence-electron chi connectivity index (χ0n) is 15.7. The highest BCUT2D eigenvalue weighted by Gasteiger charge is 2.30. The highest BCUT2D eigenvalue weighted by Crippen LogP contribution is 2.33. The van der Waals surface area contributed by atoms with Crippen LogP contribution in [0.2, 0.25) is 10.0 Å². The fourth-order valence-corrected chi connectivity index (χ4v) is 3.30. The summed E-state index contributed by atoms with van der Waals surface area (Å²) in [4.78, 5) is 16.2. The summed E-state index contributed by atoms with van der Waals surface area (Å²) in [6.07, 6.45) is 4.18. The van der Waals surface area contributed by atoms with E-state index < -0.39 is 6.09 Å². The number of hydrogen-bond acceptors (Lipinski definition) is 5. The van der Waals surface area contributed by atoms with Gasteiger partial charge in [0.15, 0.2) is 0 Å². The molecule has 2 aliphatic rings. The molecule has 0 unspecified atom stereocenters. The van der Waals surface area contributed by atoms with E-state index in [4.69, 9.17) is 27.9 Å². The number of amides is 1. The lowest BCUT2D eigenvalue weighted by Crippen LogP contribution is -2.70. The van der Waals surface area contributed by atoms with Crippen molar-refractivity contribution < 1.29 is 19.8 Å². The summed E-state index contributed by atoms with van der Waals surface area (Å²) in [5, 5.41) is 24.8. The van der Waals surface area contributed by atoms with Crippen LogP contribution in [0.1, 0.15) is 0 Å². The average Bonchev–Trinajstić information content (AvgIpc) is 2.70. The number of carbonyl (C=O) groups excluding carboxylic acids is 1. The summed E-state index contributed by atoms with van der Waals surface area (Å²) < 4.78 is 5.98. The van der Waals surface area contributed by atoms with E-state index >= 15 is 0 Å². The number of rotatable bonds is 3. The van der Waals surface area contributed by atoms with E-state index in [2.05, 4.69) is 11.5 Å². The van der Waals surface area contributed by atoms with Crippen molar-refractivity contribution in [1.82, 2.24) is 9.80 Å². The Morgan fingerprint density at radius 3 is 2.55 bits per heavy atom. The minimum absolute atomic E-state index is 0.0106.